The number of hydrogen-bond acceptors (Lipinski definition) is 7. The molecular weight excluding hydrogens is 458 g/mol. The number of anilines is 1. The van der Waals surface area contributed by atoms with E-state index in [0.717, 1.165) is 13.0 Å². The van der Waals surface area contributed by atoms with E-state index in [2.05, 4.69) is 27.7 Å². The van der Waals surface area contributed by atoms with Gasteiger partial charge in [-0.3, -0.25) is 4.79 Å². The zero-order chi connectivity index (χ0) is 26.0. The summed E-state index contributed by atoms with van der Waals surface area (Å²) in [6.07, 6.45) is 16.4. The molecular formula is C27H45N5O4. The van der Waals surface area contributed by atoms with Crippen LogP contribution in [0.25, 0.3) is 0 Å². The van der Waals surface area contributed by atoms with Gasteiger partial charge in [-0.25, -0.2) is 0 Å². The third-order valence-electron chi connectivity index (χ3n) is 6.26. The van der Waals surface area contributed by atoms with Crippen LogP contribution in [0.2, 0.25) is 0 Å². The van der Waals surface area contributed by atoms with E-state index in [0.29, 0.717) is 35.2 Å². The number of hydrogen-bond donors (Lipinski definition) is 1. The number of tetrazole rings is 1. The van der Waals surface area contributed by atoms with Gasteiger partial charge >= 0.3 is 0 Å². The Labute approximate surface area is 216 Å². The number of unbranched alkanes of at least 4 members (excludes halogenated alkanes) is 11. The van der Waals surface area contributed by atoms with Gasteiger partial charge in [0.2, 0.25) is 5.91 Å². The number of nitrogens with one attached hydrogen (secondary N) is 1. The monoisotopic (exact) mass is 503 g/mol. The van der Waals surface area contributed by atoms with Crippen LogP contribution in [0, 0.1) is 0 Å². The van der Waals surface area contributed by atoms with Crippen molar-refractivity contribution < 1.29 is 19.0 Å². The number of nitrogens with zero attached hydrogens (tertiary/aromatic N) is 4. The summed E-state index contributed by atoms with van der Waals surface area (Å²) in [5.41, 5.74) is 0.467. The maximum Gasteiger partial charge on any atom is 0.225 e. The van der Waals surface area contributed by atoms with Crippen molar-refractivity contribution in [2.24, 2.45) is 0 Å². The minimum absolute atomic E-state index is 0.186. The molecule has 0 unspecified atom stereocenters. The minimum atomic E-state index is -0.186. The minimum Gasteiger partial charge on any atom is -0.496 e. The number of carbonyl (C=O) groups excluding carboxylic acids is 1. The Hall–Kier alpha value is -2.84. The van der Waals surface area contributed by atoms with Crippen LogP contribution in [0.1, 0.15) is 96.2 Å². The molecule has 1 heterocycles. The summed E-state index contributed by atoms with van der Waals surface area (Å²) in [5, 5.41) is 15.5. The normalized spacial score (nSPS) is 10.9. The Kier molecular flexibility index (Phi) is 14.3. The molecule has 0 aliphatic rings. The van der Waals surface area contributed by atoms with Gasteiger partial charge in [-0.05, 0) is 11.6 Å². The first kappa shape index (κ1) is 29.4. The summed E-state index contributed by atoms with van der Waals surface area (Å²) in [7, 11) is 4.62. The maximum absolute atomic E-state index is 12.5. The van der Waals surface area contributed by atoms with Crippen molar-refractivity contribution in [3.63, 3.8) is 0 Å². The van der Waals surface area contributed by atoms with Gasteiger partial charge < -0.3 is 19.5 Å². The molecule has 9 heteroatoms. The van der Waals surface area contributed by atoms with E-state index in [1.54, 1.807) is 24.0 Å². The van der Waals surface area contributed by atoms with E-state index in [9.17, 15) is 4.79 Å². The van der Waals surface area contributed by atoms with Crippen LogP contribution in [0.3, 0.4) is 0 Å². The molecule has 202 valence electrons. The van der Waals surface area contributed by atoms with Crippen molar-refractivity contribution in [1.29, 1.82) is 0 Å². The van der Waals surface area contributed by atoms with Crippen LogP contribution in [0.4, 0.5) is 5.69 Å². The molecule has 0 aliphatic carbocycles. The van der Waals surface area contributed by atoms with Crippen LogP contribution in [0.15, 0.2) is 12.1 Å². The Balaban J connectivity index is 1.62. The molecule has 1 N–H and O–H groups in total. The number of carbonyl (C=O) groups is 1. The lowest BCUT2D eigenvalue weighted by atomic mass is 10.1. The second-order valence-electron chi connectivity index (χ2n) is 9.15. The lowest BCUT2D eigenvalue weighted by molar-refractivity contribution is -0.116. The number of amides is 1. The Bertz CT molecular complexity index is 862. The van der Waals surface area contributed by atoms with Crippen LogP contribution in [-0.4, -0.2) is 47.4 Å². The highest BCUT2D eigenvalue weighted by Crippen LogP contribution is 2.38. The van der Waals surface area contributed by atoms with Gasteiger partial charge in [0.1, 0.15) is 22.9 Å². The van der Waals surface area contributed by atoms with Crippen LogP contribution < -0.4 is 19.5 Å². The fourth-order valence-electron chi connectivity index (χ4n) is 4.12. The molecule has 0 saturated heterocycles. The first-order valence-electron chi connectivity index (χ1n) is 13.5. The predicted molar refractivity (Wildman–Crippen MR) is 142 cm³/mol. The van der Waals surface area contributed by atoms with E-state index in [1.165, 1.54) is 84.8 Å². The topological polar surface area (TPSA) is 100 Å². The van der Waals surface area contributed by atoms with Crippen LogP contribution in [-0.2, 0) is 17.8 Å². The average Bonchev–Trinajstić information content (AvgIpc) is 3.35. The third kappa shape index (κ3) is 10.8. The fourth-order valence-corrected chi connectivity index (χ4v) is 4.12. The van der Waals surface area contributed by atoms with Gasteiger partial charge in [0, 0.05) is 25.0 Å². The molecule has 36 heavy (non-hydrogen) atoms. The van der Waals surface area contributed by atoms with Gasteiger partial charge in [-0.2, -0.15) is 4.80 Å². The average molecular weight is 504 g/mol. The van der Waals surface area contributed by atoms with E-state index in [1.807, 2.05) is 0 Å². The van der Waals surface area contributed by atoms with E-state index < -0.39 is 0 Å². The van der Waals surface area contributed by atoms with E-state index in [4.69, 9.17) is 14.2 Å². The molecule has 0 radical (unpaired) electrons. The van der Waals surface area contributed by atoms with Crippen molar-refractivity contribution in [1.82, 2.24) is 20.2 Å². The highest BCUT2D eigenvalue weighted by Gasteiger charge is 2.16. The van der Waals surface area contributed by atoms with Crippen LogP contribution in [0.5, 0.6) is 17.2 Å². The molecule has 0 saturated carbocycles. The second kappa shape index (κ2) is 17.6. The molecule has 0 fully saturated rings. The highest BCUT2D eigenvalue weighted by molar-refractivity contribution is 5.94. The van der Waals surface area contributed by atoms with Crippen molar-refractivity contribution in [2.75, 3.05) is 26.6 Å². The van der Waals surface area contributed by atoms with Gasteiger partial charge in [0.25, 0.3) is 0 Å². The van der Waals surface area contributed by atoms with Crippen molar-refractivity contribution in [3.05, 3.63) is 18.0 Å². The molecule has 2 aromatic rings. The lowest BCUT2D eigenvalue weighted by Gasteiger charge is -2.15. The van der Waals surface area contributed by atoms with E-state index >= 15 is 0 Å². The Morgan fingerprint density at radius 1 is 0.833 bits per heavy atom. The first-order chi connectivity index (χ1) is 17.6. The molecule has 0 aliphatic heterocycles. The van der Waals surface area contributed by atoms with E-state index in [-0.39, 0.29) is 12.3 Å². The number of benzene rings is 1. The Morgan fingerprint density at radius 3 is 1.92 bits per heavy atom. The summed E-state index contributed by atoms with van der Waals surface area (Å²) >= 11 is 0. The van der Waals surface area contributed by atoms with Crippen molar-refractivity contribution in [2.45, 2.75) is 103 Å². The standard InChI is InChI=1S/C27H45N5O4/c1-5-6-7-8-9-10-11-12-13-14-15-16-19-32-30-25(29-31-32)17-18-26(33)28-27-23(35-3)20-22(34-2)21-24(27)36-4/h20-21H,5-19H2,1-4H3,(H,28,33). The molecule has 2 rings (SSSR count). The number of aromatic nitrogens is 4. The summed E-state index contributed by atoms with van der Waals surface area (Å²) in [5.74, 6) is 1.89. The molecule has 1 aromatic carbocycles. The third-order valence-corrected chi connectivity index (χ3v) is 6.26. The number of aryl methyl sites for hydroxylation is 2. The predicted octanol–water partition coefficient (Wildman–Crippen LogP) is 5.97. The summed E-state index contributed by atoms with van der Waals surface area (Å²) in [6, 6.07) is 3.39. The van der Waals surface area contributed by atoms with Gasteiger partial charge in [-0.15, -0.1) is 10.2 Å². The molecule has 0 atom stereocenters. The maximum atomic E-state index is 12.5. The summed E-state index contributed by atoms with van der Waals surface area (Å²) in [6.45, 7) is 3.03. The number of rotatable bonds is 20. The van der Waals surface area contributed by atoms with Crippen LogP contribution >= 0.6 is 0 Å². The van der Waals surface area contributed by atoms with Crippen molar-refractivity contribution in [3.8, 4) is 17.2 Å². The first-order valence-corrected chi connectivity index (χ1v) is 13.5. The largest absolute Gasteiger partial charge is 0.496 e. The Morgan fingerprint density at radius 2 is 1.39 bits per heavy atom. The van der Waals surface area contributed by atoms with Gasteiger partial charge in [0.05, 0.1) is 27.9 Å². The highest BCUT2D eigenvalue weighted by atomic mass is 16.5. The molecule has 9 nitrogen and oxygen atoms in total. The van der Waals surface area contributed by atoms with Crippen molar-refractivity contribution >= 4 is 11.6 Å². The fraction of sp³-hybridized carbons (Fsp3) is 0.704. The molecule has 1 amide bonds. The van der Waals surface area contributed by atoms with Gasteiger partial charge in [0.15, 0.2) is 5.82 Å². The SMILES string of the molecule is CCCCCCCCCCCCCCn1nnc(CCC(=O)Nc2c(OC)cc(OC)cc2OC)n1. The lowest BCUT2D eigenvalue weighted by Crippen LogP contribution is -2.14. The zero-order valence-electron chi connectivity index (χ0n) is 22.7. The van der Waals surface area contributed by atoms with Gasteiger partial charge in [-0.1, -0.05) is 77.6 Å². The number of methoxy groups -OCH3 is 3. The zero-order valence-corrected chi connectivity index (χ0v) is 22.7. The summed E-state index contributed by atoms with van der Waals surface area (Å²) in [4.78, 5) is 14.2. The molecule has 1 aromatic heterocycles. The quantitative estimate of drug-likeness (QED) is 0.222. The second-order valence-corrected chi connectivity index (χ2v) is 9.15. The molecule has 0 spiro atoms. The smallest absolute Gasteiger partial charge is 0.225 e. The molecule has 0 bridgehead atoms. The summed E-state index contributed by atoms with van der Waals surface area (Å²) < 4.78 is 16.0. The number of ether oxygens (including phenoxy) is 3.